The Hall–Kier alpha value is -2.17. The molecule has 2 rings (SSSR count). The highest BCUT2D eigenvalue weighted by Gasteiger charge is 2.16. The lowest BCUT2D eigenvalue weighted by atomic mass is 10.1. The third kappa shape index (κ3) is 3.23. The van der Waals surface area contributed by atoms with Gasteiger partial charge >= 0.3 is 0 Å². The highest BCUT2D eigenvalue weighted by Crippen LogP contribution is 2.29. The van der Waals surface area contributed by atoms with Crippen LogP contribution in [-0.4, -0.2) is 23.0 Å². The van der Waals surface area contributed by atoms with E-state index >= 15 is 0 Å². The van der Waals surface area contributed by atoms with E-state index in [1.54, 1.807) is 4.68 Å². The maximum absolute atomic E-state index is 6.05. The second kappa shape index (κ2) is 6.32. The summed E-state index contributed by atoms with van der Waals surface area (Å²) in [5.74, 6) is 1.71. The van der Waals surface area contributed by atoms with Crippen LogP contribution in [0.1, 0.15) is 25.5 Å². The van der Waals surface area contributed by atoms with E-state index in [0.29, 0.717) is 24.8 Å². The Balaban J connectivity index is 1.88. The molecule has 0 spiro atoms. The Morgan fingerprint density at radius 1 is 1.15 bits per heavy atom. The van der Waals surface area contributed by atoms with Gasteiger partial charge < -0.3 is 15.2 Å². The molecule has 108 valence electrons. The summed E-state index contributed by atoms with van der Waals surface area (Å²) >= 11 is 0. The van der Waals surface area contributed by atoms with Gasteiger partial charge in [-0.15, -0.1) is 0 Å². The minimum Gasteiger partial charge on any atom is -0.490 e. The summed E-state index contributed by atoms with van der Waals surface area (Å²) in [4.78, 5) is 0. The number of aromatic nitrogens is 2. The number of rotatable bonds is 6. The normalized spacial score (nSPS) is 10.8. The molecule has 0 fully saturated rings. The van der Waals surface area contributed by atoms with Crippen molar-refractivity contribution in [3.63, 3.8) is 0 Å². The molecule has 5 heteroatoms. The van der Waals surface area contributed by atoms with E-state index in [-0.39, 0.29) is 5.92 Å². The Labute approximate surface area is 119 Å². The number of nitrogens with zero attached hydrogens (tertiary/aromatic N) is 2. The van der Waals surface area contributed by atoms with Gasteiger partial charge in [-0.1, -0.05) is 32.0 Å². The SMILES string of the molecule is CC(C)c1nn(C)c(OCCOc2ccccc2)c1N. The van der Waals surface area contributed by atoms with Crippen LogP contribution < -0.4 is 15.2 Å². The molecule has 0 aliphatic rings. The Kier molecular flexibility index (Phi) is 4.50. The molecule has 5 nitrogen and oxygen atoms in total. The van der Waals surface area contributed by atoms with E-state index in [1.165, 1.54) is 0 Å². The van der Waals surface area contributed by atoms with Gasteiger partial charge in [0, 0.05) is 7.05 Å². The smallest absolute Gasteiger partial charge is 0.235 e. The average molecular weight is 275 g/mol. The minimum absolute atomic E-state index is 0.277. The standard InChI is InChI=1S/C15H21N3O2/c1-11(2)14-13(16)15(18(3)17-14)20-10-9-19-12-7-5-4-6-8-12/h4-8,11H,9-10,16H2,1-3H3. The summed E-state index contributed by atoms with van der Waals surface area (Å²) in [6, 6.07) is 9.65. The van der Waals surface area contributed by atoms with Gasteiger partial charge in [0.05, 0.1) is 5.69 Å². The van der Waals surface area contributed by atoms with E-state index < -0.39 is 0 Å². The van der Waals surface area contributed by atoms with E-state index in [1.807, 2.05) is 37.4 Å². The molecule has 0 aliphatic carbocycles. The minimum atomic E-state index is 0.277. The largest absolute Gasteiger partial charge is 0.490 e. The fraction of sp³-hybridized carbons (Fsp3) is 0.400. The fourth-order valence-corrected chi connectivity index (χ4v) is 1.96. The van der Waals surface area contributed by atoms with Crippen molar-refractivity contribution >= 4 is 5.69 Å². The second-order valence-corrected chi connectivity index (χ2v) is 4.89. The van der Waals surface area contributed by atoms with Crippen LogP contribution in [-0.2, 0) is 7.05 Å². The summed E-state index contributed by atoms with van der Waals surface area (Å²) in [7, 11) is 1.83. The molecule has 0 unspecified atom stereocenters. The molecule has 2 aromatic rings. The molecule has 1 aromatic carbocycles. The first-order chi connectivity index (χ1) is 9.59. The quantitative estimate of drug-likeness (QED) is 0.823. The summed E-state index contributed by atoms with van der Waals surface area (Å²) < 4.78 is 12.9. The molecule has 0 aliphatic heterocycles. The molecule has 0 radical (unpaired) electrons. The highest BCUT2D eigenvalue weighted by atomic mass is 16.5. The molecule has 0 amide bonds. The zero-order valence-corrected chi connectivity index (χ0v) is 12.2. The molecule has 1 heterocycles. The van der Waals surface area contributed by atoms with Crippen LogP contribution in [0, 0.1) is 0 Å². The van der Waals surface area contributed by atoms with Crippen LogP contribution in [0.25, 0.3) is 0 Å². The van der Waals surface area contributed by atoms with Gasteiger partial charge in [-0.25, -0.2) is 4.68 Å². The van der Waals surface area contributed by atoms with Gasteiger partial charge in [0.2, 0.25) is 5.88 Å². The van der Waals surface area contributed by atoms with Crippen molar-refractivity contribution in [3.05, 3.63) is 36.0 Å². The number of benzene rings is 1. The Bertz CT molecular complexity index is 550. The van der Waals surface area contributed by atoms with Gasteiger partial charge in [0.25, 0.3) is 0 Å². The van der Waals surface area contributed by atoms with E-state index in [2.05, 4.69) is 18.9 Å². The van der Waals surface area contributed by atoms with Crippen molar-refractivity contribution < 1.29 is 9.47 Å². The molecular formula is C15H21N3O2. The Morgan fingerprint density at radius 2 is 1.80 bits per heavy atom. The van der Waals surface area contributed by atoms with Crippen LogP contribution in [0.5, 0.6) is 11.6 Å². The number of nitrogens with two attached hydrogens (primary N) is 1. The first kappa shape index (κ1) is 14.2. The zero-order chi connectivity index (χ0) is 14.5. The summed E-state index contributed by atoms with van der Waals surface area (Å²) in [5, 5.41) is 4.37. The Morgan fingerprint density at radius 3 is 2.40 bits per heavy atom. The van der Waals surface area contributed by atoms with Crippen LogP contribution >= 0.6 is 0 Å². The molecule has 1 aromatic heterocycles. The molecular weight excluding hydrogens is 254 g/mol. The number of hydrogen-bond donors (Lipinski definition) is 1. The number of nitrogen functional groups attached to an aromatic ring is 1. The van der Waals surface area contributed by atoms with Crippen molar-refractivity contribution in [1.29, 1.82) is 0 Å². The molecule has 2 N–H and O–H groups in total. The first-order valence-electron chi connectivity index (χ1n) is 6.72. The maximum Gasteiger partial charge on any atom is 0.235 e. The lowest BCUT2D eigenvalue weighted by Gasteiger charge is -2.09. The predicted molar refractivity (Wildman–Crippen MR) is 79.1 cm³/mol. The topological polar surface area (TPSA) is 62.3 Å². The molecule has 0 saturated carbocycles. The third-order valence-corrected chi connectivity index (χ3v) is 2.94. The molecule has 0 bridgehead atoms. The van der Waals surface area contributed by atoms with Crippen LogP contribution in [0.3, 0.4) is 0 Å². The summed E-state index contributed by atoms with van der Waals surface area (Å²) in [6.45, 7) is 5.00. The van der Waals surface area contributed by atoms with Crippen LogP contribution in [0.4, 0.5) is 5.69 Å². The highest BCUT2D eigenvalue weighted by molar-refractivity contribution is 5.54. The maximum atomic E-state index is 6.05. The number of anilines is 1. The molecule has 0 saturated heterocycles. The monoisotopic (exact) mass is 275 g/mol. The predicted octanol–water partition coefficient (Wildman–Crippen LogP) is 2.58. The average Bonchev–Trinajstić information content (AvgIpc) is 2.72. The zero-order valence-electron chi connectivity index (χ0n) is 12.2. The van der Waals surface area contributed by atoms with Gasteiger partial charge in [0.15, 0.2) is 0 Å². The molecule has 0 atom stereocenters. The lowest BCUT2D eigenvalue weighted by molar-refractivity contribution is 0.207. The number of ether oxygens (including phenoxy) is 2. The number of para-hydroxylation sites is 1. The van der Waals surface area contributed by atoms with Crippen molar-refractivity contribution in [2.75, 3.05) is 18.9 Å². The van der Waals surface area contributed by atoms with Crippen molar-refractivity contribution in [2.24, 2.45) is 7.05 Å². The lowest BCUT2D eigenvalue weighted by Crippen LogP contribution is -2.11. The number of aryl methyl sites for hydroxylation is 1. The van der Waals surface area contributed by atoms with E-state index in [0.717, 1.165) is 11.4 Å². The fourth-order valence-electron chi connectivity index (χ4n) is 1.96. The molecule has 20 heavy (non-hydrogen) atoms. The summed E-state index contributed by atoms with van der Waals surface area (Å²) in [6.07, 6.45) is 0. The van der Waals surface area contributed by atoms with E-state index in [4.69, 9.17) is 15.2 Å². The van der Waals surface area contributed by atoms with Crippen molar-refractivity contribution in [2.45, 2.75) is 19.8 Å². The van der Waals surface area contributed by atoms with Gasteiger partial charge in [-0.05, 0) is 18.1 Å². The first-order valence-corrected chi connectivity index (χ1v) is 6.72. The van der Waals surface area contributed by atoms with Crippen molar-refractivity contribution in [3.8, 4) is 11.6 Å². The summed E-state index contributed by atoms with van der Waals surface area (Å²) in [5.41, 5.74) is 7.53. The third-order valence-electron chi connectivity index (χ3n) is 2.94. The van der Waals surface area contributed by atoms with E-state index in [9.17, 15) is 0 Å². The van der Waals surface area contributed by atoms with Gasteiger partial charge in [-0.3, -0.25) is 0 Å². The van der Waals surface area contributed by atoms with Crippen LogP contribution in [0.2, 0.25) is 0 Å². The van der Waals surface area contributed by atoms with Crippen LogP contribution in [0.15, 0.2) is 30.3 Å². The van der Waals surface area contributed by atoms with Gasteiger partial charge in [0.1, 0.15) is 24.7 Å². The second-order valence-electron chi connectivity index (χ2n) is 4.89. The van der Waals surface area contributed by atoms with Gasteiger partial charge in [-0.2, -0.15) is 5.10 Å². The van der Waals surface area contributed by atoms with Crippen molar-refractivity contribution in [1.82, 2.24) is 9.78 Å². The number of hydrogen-bond acceptors (Lipinski definition) is 4.